The average Bonchev–Trinajstić information content (AvgIpc) is 2.32. The van der Waals surface area contributed by atoms with Crippen molar-refractivity contribution in [2.75, 3.05) is 7.11 Å². The second-order valence-corrected chi connectivity index (χ2v) is 3.73. The molecule has 0 saturated heterocycles. The van der Waals surface area contributed by atoms with Crippen molar-refractivity contribution in [1.82, 2.24) is 4.98 Å². The van der Waals surface area contributed by atoms with Crippen molar-refractivity contribution < 1.29 is 9.13 Å². The van der Waals surface area contributed by atoms with Gasteiger partial charge in [0, 0.05) is 11.5 Å². The lowest BCUT2D eigenvalue weighted by Crippen LogP contribution is -1.90. The molecule has 0 amide bonds. The fourth-order valence-corrected chi connectivity index (χ4v) is 1.82. The van der Waals surface area contributed by atoms with E-state index in [-0.39, 0.29) is 10.9 Å². The lowest BCUT2D eigenvalue weighted by Gasteiger charge is -2.05. The van der Waals surface area contributed by atoms with Crippen LogP contribution in [-0.4, -0.2) is 12.1 Å². The summed E-state index contributed by atoms with van der Waals surface area (Å²) in [5.41, 5.74) is 0.505. The number of methoxy groups -OCH3 is 1. The molecule has 0 N–H and O–H groups in total. The van der Waals surface area contributed by atoms with Crippen LogP contribution in [0.25, 0.3) is 10.9 Å². The molecule has 2 aromatic rings. The van der Waals surface area contributed by atoms with Crippen molar-refractivity contribution in [1.29, 1.82) is 0 Å². The van der Waals surface area contributed by atoms with Crippen LogP contribution in [-0.2, 0) is 0 Å². The number of nitrogens with zero attached hydrogens (tertiary/aromatic N) is 1. The summed E-state index contributed by atoms with van der Waals surface area (Å²) in [6.45, 7) is 4.00. The van der Waals surface area contributed by atoms with Crippen molar-refractivity contribution in [2.45, 2.75) is 13.8 Å². The molecular formula is C12H12Cl2FNO. The standard InChI is InChI=1S/C10H6Cl2FNO.C2H6/c1-15-9-4-8-5(2-7(9)13)6(11)3-10(12)14-8;1-2/h2-4H,1H3;1-2H3. The Bertz CT molecular complexity index is 531. The zero-order valence-electron chi connectivity index (χ0n) is 9.72. The largest absolute Gasteiger partial charge is 0.494 e. The smallest absolute Gasteiger partial charge is 0.165 e. The minimum Gasteiger partial charge on any atom is -0.494 e. The molecule has 92 valence electrons. The Kier molecular flexibility index (Phi) is 4.97. The minimum atomic E-state index is -0.476. The van der Waals surface area contributed by atoms with Gasteiger partial charge >= 0.3 is 0 Å². The van der Waals surface area contributed by atoms with Gasteiger partial charge in [0.1, 0.15) is 5.15 Å². The second-order valence-electron chi connectivity index (χ2n) is 2.93. The molecule has 0 spiro atoms. The summed E-state index contributed by atoms with van der Waals surface area (Å²) < 4.78 is 18.2. The van der Waals surface area contributed by atoms with Gasteiger partial charge < -0.3 is 4.74 Å². The average molecular weight is 276 g/mol. The number of halogens is 3. The monoisotopic (exact) mass is 275 g/mol. The maximum Gasteiger partial charge on any atom is 0.165 e. The molecule has 0 aliphatic carbocycles. The van der Waals surface area contributed by atoms with Crippen LogP contribution in [0.4, 0.5) is 4.39 Å². The summed E-state index contributed by atoms with van der Waals surface area (Å²) in [7, 11) is 1.39. The first-order chi connectivity index (χ1) is 8.11. The number of benzene rings is 1. The third kappa shape index (κ3) is 2.99. The maximum absolute atomic E-state index is 13.4. The lowest BCUT2D eigenvalue weighted by atomic mass is 10.2. The molecule has 2 rings (SSSR count). The van der Waals surface area contributed by atoms with Crippen molar-refractivity contribution in [2.24, 2.45) is 0 Å². The summed E-state index contributed by atoms with van der Waals surface area (Å²) >= 11 is 11.6. The normalized spacial score (nSPS) is 9.76. The van der Waals surface area contributed by atoms with Crippen molar-refractivity contribution >= 4 is 34.1 Å². The molecule has 1 aromatic carbocycles. The van der Waals surface area contributed by atoms with Gasteiger partial charge in [-0.05, 0) is 12.1 Å². The fraction of sp³-hybridized carbons (Fsp3) is 0.250. The van der Waals surface area contributed by atoms with Crippen LogP contribution in [0.5, 0.6) is 5.75 Å². The summed E-state index contributed by atoms with van der Waals surface area (Å²) in [4.78, 5) is 4.02. The van der Waals surface area contributed by atoms with E-state index in [1.165, 1.54) is 25.3 Å². The van der Waals surface area contributed by atoms with Crippen LogP contribution in [0.1, 0.15) is 13.8 Å². The third-order valence-corrected chi connectivity index (χ3v) is 2.51. The maximum atomic E-state index is 13.4. The van der Waals surface area contributed by atoms with Crippen molar-refractivity contribution in [3.05, 3.63) is 34.2 Å². The zero-order chi connectivity index (χ0) is 13.0. The van der Waals surface area contributed by atoms with Crippen molar-refractivity contribution in [3.8, 4) is 5.75 Å². The molecule has 5 heteroatoms. The SMILES string of the molecule is CC.COc1cc2nc(Cl)cc(Cl)c2cc1F. The molecule has 2 nitrogen and oxygen atoms in total. The predicted molar refractivity (Wildman–Crippen MR) is 69.6 cm³/mol. The van der Waals surface area contributed by atoms with Gasteiger partial charge in [-0.25, -0.2) is 9.37 Å². The highest BCUT2D eigenvalue weighted by Gasteiger charge is 2.09. The molecule has 0 aliphatic rings. The predicted octanol–water partition coefficient (Wildman–Crippen LogP) is 4.72. The van der Waals surface area contributed by atoms with Gasteiger partial charge in [0.2, 0.25) is 0 Å². The summed E-state index contributed by atoms with van der Waals surface area (Å²) in [5, 5.41) is 1.15. The van der Waals surface area contributed by atoms with E-state index in [9.17, 15) is 4.39 Å². The van der Waals surface area contributed by atoms with Gasteiger partial charge in [-0.2, -0.15) is 0 Å². The molecule has 1 aromatic heterocycles. The van der Waals surface area contributed by atoms with Crippen LogP contribution >= 0.6 is 23.2 Å². The Morgan fingerprint density at radius 3 is 2.41 bits per heavy atom. The van der Waals surface area contributed by atoms with Gasteiger partial charge in [-0.15, -0.1) is 0 Å². The van der Waals surface area contributed by atoms with E-state index >= 15 is 0 Å². The molecule has 1 heterocycles. The van der Waals surface area contributed by atoms with E-state index < -0.39 is 5.82 Å². The number of hydrogen-bond acceptors (Lipinski definition) is 2. The Labute approximate surface area is 109 Å². The van der Waals surface area contributed by atoms with Gasteiger partial charge in [-0.3, -0.25) is 0 Å². The highest BCUT2D eigenvalue weighted by atomic mass is 35.5. The number of pyridine rings is 1. The van der Waals surface area contributed by atoms with Gasteiger partial charge in [-0.1, -0.05) is 37.0 Å². The van der Waals surface area contributed by atoms with E-state index in [0.717, 1.165) is 0 Å². The Hall–Kier alpha value is -1.06. The first-order valence-corrected chi connectivity index (χ1v) is 5.86. The Balaban J connectivity index is 0.000000686. The van der Waals surface area contributed by atoms with E-state index in [1.54, 1.807) is 0 Å². The quantitative estimate of drug-likeness (QED) is 0.703. The molecule has 0 bridgehead atoms. The number of fused-ring (bicyclic) bond motifs is 1. The first kappa shape index (κ1) is 14.0. The molecule has 0 fully saturated rings. The summed E-state index contributed by atoms with van der Waals surface area (Å²) in [6, 6.07) is 4.21. The van der Waals surface area contributed by atoms with E-state index in [0.29, 0.717) is 15.9 Å². The minimum absolute atomic E-state index is 0.119. The Morgan fingerprint density at radius 2 is 1.82 bits per heavy atom. The molecule has 0 saturated carbocycles. The number of rotatable bonds is 1. The van der Waals surface area contributed by atoms with Crippen molar-refractivity contribution in [3.63, 3.8) is 0 Å². The van der Waals surface area contributed by atoms with Crippen LogP contribution in [0.2, 0.25) is 10.2 Å². The van der Waals surface area contributed by atoms with Crippen LogP contribution in [0.3, 0.4) is 0 Å². The van der Waals surface area contributed by atoms with Crippen LogP contribution in [0.15, 0.2) is 18.2 Å². The lowest BCUT2D eigenvalue weighted by molar-refractivity contribution is 0.387. The summed E-state index contributed by atoms with van der Waals surface area (Å²) in [6.07, 6.45) is 0. The molecule has 17 heavy (non-hydrogen) atoms. The zero-order valence-corrected chi connectivity index (χ0v) is 11.2. The second kappa shape index (κ2) is 6.03. The summed E-state index contributed by atoms with van der Waals surface area (Å²) in [5.74, 6) is -0.357. The number of ether oxygens (including phenoxy) is 1. The van der Waals surface area contributed by atoms with Gasteiger partial charge in [0.15, 0.2) is 11.6 Å². The van der Waals surface area contributed by atoms with E-state index in [4.69, 9.17) is 27.9 Å². The Morgan fingerprint density at radius 1 is 1.18 bits per heavy atom. The number of hydrogen-bond donors (Lipinski definition) is 0. The fourth-order valence-electron chi connectivity index (χ4n) is 1.31. The van der Waals surface area contributed by atoms with Gasteiger partial charge in [0.05, 0.1) is 17.6 Å². The van der Waals surface area contributed by atoms with E-state index in [2.05, 4.69) is 4.98 Å². The molecule has 0 atom stereocenters. The molecule has 0 radical (unpaired) electrons. The first-order valence-electron chi connectivity index (χ1n) is 5.11. The van der Waals surface area contributed by atoms with Crippen LogP contribution in [0, 0.1) is 5.82 Å². The molecule has 0 aliphatic heterocycles. The van der Waals surface area contributed by atoms with E-state index in [1.807, 2.05) is 13.8 Å². The van der Waals surface area contributed by atoms with Gasteiger partial charge in [0.25, 0.3) is 0 Å². The molecule has 0 unspecified atom stereocenters. The third-order valence-electron chi connectivity index (χ3n) is 2.00. The number of aromatic nitrogens is 1. The topological polar surface area (TPSA) is 22.1 Å². The highest BCUT2D eigenvalue weighted by molar-refractivity contribution is 6.37. The highest BCUT2D eigenvalue weighted by Crippen LogP contribution is 2.30. The van der Waals surface area contributed by atoms with Crippen LogP contribution < -0.4 is 4.74 Å². The molecular weight excluding hydrogens is 264 g/mol.